The molecule has 0 fully saturated rings. The Balaban J connectivity index is 2.23. The summed E-state index contributed by atoms with van der Waals surface area (Å²) in [5, 5.41) is 0.278. The van der Waals surface area contributed by atoms with Gasteiger partial charge in [0.05, 0.1) is 0 Å². The second-order valence-corrected chi connectivity index (χ2v) is 7.83. The highest BCUT2D eigenvalue weighted by Gasteiger charge is 2.17. The molecule has 0 radical (unpaired) electrons. The molecule has 2 rings (SSSR count). The minimum atomic E-state index is -3.91. The van der Waals surface area contributed by atoms with Crippen LogP contribution in [0.1, 0.15) is 5.56 Å². The van der Waals surface area contributed by atoms with E-state index in [1.165, 1.54) is 12.1 Å². The molecule has 7 heteroatoms. The van der Waals surface area contributed by atoms with Crippen molar-refractivity contribution in [1.82, 2.24) is 0 Å². The Labute approximate surface area is 135 Å². The van der Waals surface area contributed by atoms with Crippen LogP contribution in [0.4, 0.5) is 0 Å². The van der Waals surface area contributed by atoms with Gasteiger partial charge < -0.3 is 4.74 Å². The number of halogens is 3. The van der Waals surface area contributed by atoms with Gasteiger partial charge in [-0.1, -0.05) is 39.7 Å². The lowest BCUT2D eigenvalue weighted by Crippen LogP contribution is -2.00. The average molecular weight is 396 g/mol. The minimum absolute atomic E-state index is 0.135. The van der Waals surface area contributed by atoms with E-state index in [-0.39, 0.29) is 22.3 Å². The van der Waals surface area contributed by atoms with Gasteiger partial charge >= 0.3 is 0 Å². The molecule has 0 atom stereocenters. The van der Waals surface area contributed by atoms with Crippen molar-refractivity contribution in [1.29, 1.82) is 0 Å². The molecule has 0 unspecified atom stereocenters. The fourth-order valence-electron chi connectivity index (χ4n) is 1.53. The zero-order valence-electron chi connectivity index (χ0n) is 10.0. The summed E-state index contributed by atoms with van der Waals surface area (Å²) in [6.45, 7) is 0.230. The van der Waals surface area contributed by atoms with Gasteiger partial charge in [0.1, 0.15) is 17.3 Å². The van der Waals surface area contributed by atoms with Crippen molar-refractivity contribution in [2.45, 2.75) is 11.5 Å². The van der Waals surface area contributed by atoms with Gasteiger partial charge in [-0.3, -0.25) is 0 Å². The van der Waals surface area contributed by atoms with Crippen molar-refractivity contribution in [3.05, 3.63) is 57.5 Å². The van der Waals surface area contributed by atoms with Gasteiger partial charge in [-0.15, -0.1) is 0 Å². The number of ether oxygens (including phenoxy) is 1. The number of rotatable bonds is 4. The van der Waals surface area contributed by atoms with Crippen LogP contribution >= 0.6 is 38.2 Å². The summed E-state index contributed by atoms with van der Waals surface area (Å²) in [6, 6.07) is 11.8. The van der Waals surface area contributed by atoms with Gasteiger partial charge in [0.25, 0.3) is 9.05 Å². The first-order chi connectivity index (χ1) is 9.36. The highest BCUT2D eigenvalue weighted by atomic mass is 79.9. The standard InChI is InChI=1S/C13H9BrCl2O3S/c14-10-3-1-9(2-4-10)8-19-12-6-5-11(15)7-13(12)20(16,17)18/h1-7H,8H2. The highest BCUT2D eigenvalue weighted by molar-refractivity contribution is 9.10. The summed E-state index contributed by atoms with van der Waals surface area (Å²) in [7, 11) is 1.45. The maximum Gasteiger partial charge on any atom is 0.265 e. The Bertz CT molecular complexity index is 715. The van der Waals surface area contributed by atoms with Crippen LogP contribution in [-0.4, -0.2) is 8.42 Å². The van der Waals surface area contributed by atoms with Crippen molar-refractivity contribution in [3.63, 3.8) is 0 Å². The first kappa shape index (κ1) is 15.6. The van der Waals surface area contributed by atoms with Gasteiger partial charge in [0.15, 0.2) is 0 Å². The van der Waals surface area contributed by atoms with Crippen LogP contribution in [0, 0.1) is 0 Å². The minimum Gasteiger partial charge on any atom is -0.487 e. The lowest BCUT2D eigenvalue weighted by molar-refractivity contribution is 0.298. The lowest BCUT2D eigenvalue weighted by atomic mass is 10.2. The maximum absolute atomic E-state index is 11.5. The van der Waals surface area contributed by atoms with Crippen LogP contribution < -0.4 is 4.74 Å². The Morgan fingerprint density at radius 1 is 1.10 bits per heavy atom. The van der Waals surface area contributed by atoms with Crippen LogP contribution in [0.3, 0.4) is 0 Å². The van der Waals surface area contributed by atoms with E-state index in [0.717, 1.165) is 10.0 Å². The van der Waals surface area contributed by atoms with E-state index in [1.807, 2.05) is 24.3 Å². The molecular formula is C13H9BrCl2O3S. The zero-order valence-corrected chi connectivity index (χ0v) is 13.9. The van der Waals surface area contributed by atoms with Gasteiger partial charge in [0, 0.05) is 20.2 Å². The monoisotopic (exact) mass is 394 g/mol. The molecule has 0 spiro atoms. The molecule has 0 bridgehead atoms. The summed E-state index contributed by atoms with van der Waals surface area (Å²) in [6.07, 6.45) is 0. The second-order valence-electron chi connectivity index (χ2n) is 3.94. The molecule has 0 aliphatic carbocycles. The first-order valence-corrected chi connectivity index (χ1v) is 8.96. The number of hydrogen-bond acceptors (Lipinski definition) is 3. The van der Waals surface area contributed by atoms with E-state index < -0.39 is 9.05 Å². The Morgan fingerprint density at radius 2 is 1.75 bits per heavy atom. The van der Waals surface area contributed by atoms with Crippen molar-refractivity contribution in [2.75, 3.05) is 0 Å². The summed E-state index contributed by atoms with van der Waals surface area (Å²) < 4.78 is 29.4. The highest BCUT2D eigenvalue weighted by Crippen LogP contribution is 2.30. The zero-order chi connectivity index (χ0) is 14.8. The molecule has 0 aromatic heterocycles. The fraction of sp³-hybridized carbons (Fsp3) is 0.0769. The molecule has 3 nitrogen and oxygen atoms in total. The molecule has 0 N–H and O–H groups in total. The van der Waals surface area contributed by atoms with Crippen LogP contribution in [0.2, 0.25) is 5.02 Å². The molecule has 0 aliphatic rings. The van der Waals surface area contributed by atoms with Gasteiger partial charge in [0.2, 0.25) is 0 Å². The topological polar surface area (TPSA) is 43.4 Å². The molecule has 2 aromatic rings. The predicted molar refractivity (Wildman–Crippen MR) is 83.0 cm³/mol. The number of benzene rings is 2. The van der Waals surface area contributed by atoms with Crippen LogP contribution in [-0.2, 0) is 15.7 Å². The molecule has 0 saturated carbocycles. The fourth-order valence-corrected chi connectivity index (χ4v) is 3.03. The lowest BCUT2D eigenvalue weighted by Gasteiger charge is -2.10. The maximum atomic E-state index is 11.5. The van der Waals surface area contributed by atoms with Gasteiger partial charge in [-0.2, -0.15) is 0 Å². The molecule has 106 valence electrons. The van der Waals surface area contributed by atoms with Crippen LogP contribution in [0.5, 0.6) is 5.75 Å². The normalized spacial score (nSPS) is 11.3. The third-order valence-electron chi connectivity index (χ3n) is 2.48. The largest absolute Gasteiger partial charge is 0.487 e. The van der Waals surface area contributed by atoms with Crippen molar-refractivity contribution in [3.8, 4) is 5.75 Å². The SMILES string of the molecule is O=S(=O)(Cl)c1cc(Cl)ccc1OCc1ccc(Br)cc1. The predicted octanol–water partition coefficient (Wildman–Crippen LogP) is 4.61. The molecule has 0 saturated heterocycles. The summed E-state index contributed by atoms with van der Waals surface area (Å²) in [5.41, 5.74) is 0.904. The second kappa shape index (κ2) is 6.35. The van der Waals surface area contributed by atoms with Gasteiger partial charge in [-0.25, -0.2) is 8.42 Å². The smallest absolute Gasteiger partial charge is 0.265 e. The molecule has 2 aromatic carbocycles. The summed E-state index contributed by atoms with van der Waals surface area (Å²) in [4.78, 5) is -0.135. The van der Waals surface area contributed by atoms with E-state index >= 15 is 0 Å². The average Bonchev–Trinajstić information content (AvgIpc) is 2.38. The number of hydrogen-bond donors (Lipinski definition) is 0. The molecule has 0 heterocycles. The third kappa shape index (κ3) is 4.12. The molecule has 0 aliphatic heterocycles. The van der Waals surface area contributed by atoms with E-state index in [9.17, 15) is 8.42 Å². The van der Waals surface area contributed by atoms with Crippen molar-refractivity contribution in [2.24, 2.45) is 0 Å². The van der Waals surface area contributed by atoms with E-state index in [4.69, 9.17) is 27.0 Å². The van der Waals surface area contributed by atoms with E-state index in [1.54, 1.807) is 6.07 Å². The summed E-state index contributed by atoms with van der Waals surface area (Å²) in [5.74, 6) is 0.173. The Morgan fingerprint density at radius 3 is 2.35 bits per heavy atom. The van der Waals surface area contributed by atoms with Crippen molar-refractivity contribution < 1.29 is 13.2 Å². The summed E-state index contributed by atoms with van der Waals surface area (Å²) >= 11 is 9.11. The first-order valence-electron chi connectivity index (χ1n) is 5.48. The Hall–Kier alpha value is -0.750. The van der Waals surface area contributed by atoms with Crippen LogP contribution in [0.15, 0.2) is 51.8 Å². The quantitative estimate of drug-likeness (QED) is 0.710. The molecule has 20 heavy (non-hydrogen) atoms. The molecular weight excluding hydrogens is 387 g/mol. The van der Waals surface area contributed by atoms with E-state index in [2.05, 4.69) is 15.9 Å². The van der Waals surface area contributed by atoms with Gasteiger partial charge in [-0.05, 0) is 35.9 Å². The third-order valence-corrected chi connectivity index (χ3v) is 4.58. The Kier molecular flexibility index (Phi) is 4.96. The van der Waals surface area contributed by atoms with E-state index in [0.29, 0.717) is 0 Å². The van der Waals surface area contributed by atoms with Crippen LogP contribution in [0.25, 0.3) is 0 Å². The van der Waals surface area contributed by atoms with Crippen molar-refractivity contribution >= 4 is 47.3 Å². The molecule has 0 amide bonds.